The highest BCUT2D eigenvalue weighted by molar-refractivity contribution is 7.27. The summed E-state index contributed by atoms with van der Waals surface area (Å²) in [6.07, 6.45) is 0.847. The Morgan fingerprint density at radius 1 is 1.16 bits per heavy atom. The summed E-state index contributed by atoms with van der Waals surface area (Å²) in [6, 6.07) is 12.5. The van der Waals surface area contributed by atoms with Crippen molar-refractivity contribution in [1.82, 2.24) is 0 Å². The number of ether oxygens (including phenoxy) is 1. The van der Waals surface area contributed by atoms with Gasteiger partial charge in [0.05, 0.1) is 12.5 Å². The number of fused-ring (bicyclic) bond motifs is 1. The fraction of sp³-hybridized carbons (Fsp3) is 0.200. The quantitative estimate of drug-likeness (QED) is 0.579. The van der Waals surface area contributed by atoms with Crippen molar-refractivity contribution in [2.75, 3.05) is 7.11 Å². The standard InChI is InChI=1S/C15H13ClOS2/c1-17-11-4-2-10(3-5-11)8-12(16)14-9-15-13(19-14)6-7-18-15/h2-7,9,12H,8H2,1H3. The van der Waals surface area contributed by atoms with Gasteiger partial charge in [0.1, 0.15) is 5.75 Å². The van der Waals surface area contributed by atoms with E-state index < -0.39 is 0 Å². The lowest BCUT2D eigenvalue weighted by Gasteiger charge is -2.08. The third-order valence-corrected chi connectivity index (χ3v) is 5.77. The molecule has 0 fully saturated rings. The van der Waals surface area contributed by atoms with Gasteiger partial charge in [-0.3, -0.25) is 0 Å². The van der Waals surface area contributed by atoms with Gasteiger partial charge >= 0.3 is 0 Å². The minimum atomic E-state index is 0.0398. The van der Waals surface area contributed by atoms with Gasteiger partial charge in [-0.15, -0.1) is 34.3 Å². The number of alkyl halides is 1. The van der Waals surface area contributed by atoms with E-state index in [1.807, 2.05) is 12.1 Å². The van der Waals surface area contributed by atoms with Crippen LogP contribution in [0.3, 0.4) is 0 Å². The van der Waals surface area contributed by atoms with E-state index in [1.54, 1.807) is 29.8 Å². The van der Waals surface area contributed by atoms with Crippen LogP contribution in [0.1, 0.15) is 15.8 Å². The molecule has 0 bridgehead atoms. The summed E-state index contributed by atoms with van der Waals surface area (Å²) in [7, 11) is 1.68. The largest absolute Gasteiger partial charge is 0.497 e. The van der Waals surface area contributed by atoms with Crippen molar-refractivity contribution in [3.63, 3.8) is 0 Å². The van der Waals surface area contributed by atoms with Gasteiger partial charge in [-0.2, -0.15) is 0 Å². The average Bonchev–Trinajstić information content (AvgIpc) is 3.00. The Hall–Kier alpha value is -1.03. The topological polar surface area (TPSA) is 9.23 Å². The summed E-state index contributed by atoms with van der Waals surface area (Å²) < 4.78 is 7.83. The molecule has 0 aliphatic carbocycles. The molecule has 2 aromatic heterocycles. The normalized spacial score (nSPS) is 12.7. The van der Waals surface area contributed by atoms with Gasteiger partial charge in [-0.05, 0) is 41.6 Å². The van der Waals surface area contributed by atoms with Gasteiger partial charge in [0.25, 0.3) is 0 Å². The van der Waals surface area contributed by atoms with Gasteiger partial charge in [-0.25, -0.2) is 0 Å². The van der Waals surface area contributed by atoms with Gasteiger partial charge < -0.3 is 4.74 Å². The lowest BCUT2D eigenvalue weighted by molar-refractivity contribution is 0.414. The van der Waals surface area contributed by atoms with E-state index in [-0.39, 0.29) is 5.38 Å². The van der Waals surface area contributed by atoms with Crippen molar-refractivity contribution in [2.24, 2.45) is 0 Å². The average molecular weight is 309 g/mol. The first-order chi connectivity index (χ1) is 9.26. The van der Waals surface area contributed by atoms with E-state index in [1.165, 1.54) is 19.8 Å². The fourth-order valence-corrected chi connectivity index (χ4v) is 4.48. The van der Waals surface area contributed by atoms with Crippen LogP contribution < -0.4 is 4.74 Å². The van der Waals surface area contributed by atoms with Crippen molar-refractivity contribution in [3.05, 3.63) is 52.2 Å². The third-order valence-electron chi connectivity index (χ3n) is 3.04. The van der Waals surface area contributed by atoms with Crippen molar-refractivity contribution in [2.45, 2.75) is 11.8 Å². The molecule has 2 heterocycles. The van der Waals surface area contributed by atoms with Crippen LogP contribution in [0.15, 0.2) is 41.8 Å². The summed E-state index contributed by atoms with van der Waals surface area (Å²) >= 11 is 10.1. The Bertz CT molecular complexity index is 640. The van der Waals surface area contributed by atoms with Crippen LogP contribution in [0.25, 0.3) is 9.40 Å². The molecular weight excluding hydrogens is 296 g/mol. The predicted molar refractivity (Wildman–Crippen MR) is 85.0 cm³/mol. The van der Waals surface area contributed by atoms with Gasteiger partial charge in [-0.1, -0.05) is 12.1 Å². The fourth-order valence-electron chi connectivity index (χ4n) is 2.01. The van der Waals surface area contributed by atoms with Gasteiger partial charge in [0.2, 0.25) is 0 Å². The van der Waals surface area contributed by atoms with E-state index in [9.17, 15) is 0 Å². The Balaban J connectivity index is 1.76. The second-order valence-corrected chi connectivity index (χ2v) is 6.91. The second-order valence-electron chi connectivity index (χ2n) is 4.32. The van der Waals surface area contributed by atoms with E-state index in [0.29, 0.717) is 0 Å². The molecule has 19 heavy (non-hydrogen) atoms. The lowest BCUT2D eigenvalue weighted by atomic mass is 10.1. The number of hydrogen-bond acceptors (Lipinski definition) is 3. The molecule has 0 saturated heterocycles. The number of thiophene rings is 2. The zero-order chi connectivity index (χ0) is 13.2. The number of hydrogen-bond donors (Lipinski definition) is 0. The minimum Gasteiger partial charge on any atom is -0.497 e. The second kappa shape index (κ2) is 5.53. The van der Waals surface area contributed by atoms with Gasteiger partial charge in [0, 0.05) is 14.3 Å². The van der Waals surface area contributed by atoms with Gasteiger partial charge in [0.15, 0.2) is 0 Å². The summed E-state index contributed by atoms with van der Waals surface area (Å²) in [6.45, 7) is 0. The number of methoxy groups -OCH3 is 1. The highest BCUT2D eigenvalue weighted by atomic mass is 35.5. The van der Waals surface area contributed by atoms with Crippen molar-refractivity contribution in [1.29, 1.82) is 0 Å². The Kier molecular flexibility index (Phi) is 3.78. The van der Waals surface area contributed by atoms with E-state index in [2.05, 4.69) is 29.6 Å². The SMILES string of the molecule is COc1ccc(CC(Cl)c2cc3sccc3s2)cc1. The monoisotopic (exact) mass is 308 g/mol. The maximum absolute atomic E-state index is 6.53. The summed E-state index contributed by atoms with van der Waals surface area (Å²) in [4.78, 5) is 1.25. The van der Waals surface area contributed by atoms with Crippen LogP contribution in [-0.4, -0.2) is 7.11 Å². The van der Waals surface area contributed by atoms with Crippen LogP contribution in [-0.2, 0) is 6.42 Å². The van der Waals surface area contributed by atoms with Crippen LogP contribution in [0.4, 0.5) is 0 Å². The van der Waals surface area contributed by atoms with Crippen LogP contribution in [0.2, 0.25) is 0 Å². The number of benzene rings is 1. The molecule has 3 aromatic rings. The lowest BCUT2D eigenvalue weighted by Crippen LogP contribution is -1.93. The summed E-state index contributed by atoms with van der Waals surface area (Å²) in [5, 5.41) is 2.16. The summed E-state index contributed by atoms with van der Waals surface area (Å²) in [5.74, 6) is 0.881. The molecule has 0 saturated carbocycles. The molecular formula is C15H13ClOS2. The molecule has 0 N–H and O–H groups in total. The van der Waals surface area contributed by atoms with E-state index >= 15 is 0 Å². The molecule has 0 aliphatic rings. The van der Waals surface area contributed by atoms with Crippen molar-refractivity contribution in [3.8, 4) is 5.75 Å². The first-order valence-corrected chi connectivity index (χ1v) is 8.13. The number of halogens is 1. The number of rotatable bonds is 4. The highest BCUT2D eigenvalue weighted by Crippen LogP contribution is 2.37. The van der Waals surface area contributed by atoms with Crippen LogP contribution in [0, 0.1) is 0 Å². The summed E-state index contributed by atoms with van der Waals surface area (Å²) in [5.41, 5.74) is 1.23. The molecule has 4 heteroatoms. The zero-order valence-electron chi connectivity index (χ0n) is 10.4. The Labute approximate surface area is 125 Å². The highest BCUT2D eigenvalue weighted by Gasteiger charge is 2.13. The molecule has 0 radical (unpaired) electrons. The minimum absolute atomic E-state index is 0.0398. The molecule has 1 unspecified atom stereocenters. The molecule has 3 rings (SSSR count). The van der Waals surface area contributed by atoms with Crippen molar-refractivity contribution >= 4 is 43.7 Å². The molecule has 1 atom stereocenters. The maximum Gasteiger partial charge on any atom is 0.118 e. The predicted octanol–water partition coefficient (Wildman–Crippen LogP) is 5.49. The zero-order valence-corrected chi connectivity index (χ0v) is 12.8. The first-order valence-electron chi connectivity index (χ1n) is 6.00. The molecule has 1 nitrogen and oxygen atoms in total. The molecule has 1 aromatic carbocycles. The smallest absolute Gasteiger partial charge is 0.118 e. The van der Waals surface area contributed by atoms with Crippen LogP contribution in [0.5, 0.6) is 5.75 Å². The first kappa shape index (κ1) is 13.0. The van der Waals surface area contributed by atoms with E-state index in [0.717, 1.165) is 12.2 Å². The molecule has 0 amide bonds. The maximum atomic E-state index is 6.53. The Morgan fingerprint density at radius 2 is 1.95 bits per heavy atom. The van der Waals surface area contributed by atoms with Crippen molar-refractivity contribution < 1.29 is 4.74 Å². The third kappa shape index (κ3) is 2.78. The molecule has 0 spiro atoms. The molecule has 0 aliphatic heterocycles. The molecule has 98 valence electrons. The van der Waals surface area contributed by atoms with E-state index in [4.69, 9.17) is 16.3 Å². The Morgan fingerprint density at radius 3 is 2.63 bits per heavy atom. The van der Waals surface area contributed by atoms with Crippen LogP contribution >= 0.6 is 34.3 Å².